The van der Waals surface area contributed by atoms with Gasteiger partial charge in [-0.05, 0) is 47.8 Å². The number of aromatic carboxylic acids is 1. The molecule has 0 saturated carbocycles. The lowest BCUT2D eigenvalue weighted by Crippen LogP contribution is -2.30. The number of carboxylic acids is 1. The quantitative estimate of drug-likeness (QED) is 0.320. The molecule has 0 aliphatic carbocycles. The number of benzene rings is 2. The van der Waals surface area contributed by atoms with Crippen LogP contribution in [0, 0.1) is 17.6 Å². The summed E-state index contributed by atoms with van der Waals surface area (Å²) in [4.78, 5) is 25.2. The number of hydrogen-bond donors (Lipinski definition) is 1. The number of hydrogen-bond acceptors (Lipinski definition) is 3. The van der Waals surface area contributed by atoms with E-state index in [0.29, 0.717) is 0 Å². The van der Waals surface area contributed by atoms with Gasteiger partial charge in [-0.1, -0.05) is 58.4 Å². The van der Waals surface area contributed by atoms with Crippen LogP contribution in [0.25, 0.3) is 10.9 Å². The van der Waals surface area contributed by atoms with Crippen LogP contribution in [0.4, 0.5) is 8.78 Å². The van der Waals surface area contributed by atoms with E-state index in [0.717, 1.165) is 0 Å². The largest absolute Gasteiger partial charge is 0.477 e. The molecule has 0 amide bonds. The molecule has 1 heterocycles. The van der Waals surface area contributed by atoms with Crippen molar-refractivity contribution in [1.29, 1.82) is 0 Å². The summed E-state index contributed by atoms with van der Waals surface area (Å²) in [5.41, 5.74) is -0.659. The molecular formula is C28H34ClF2NO4S. The molecule has 0 spiro atoms. The van der Waals surface area contributed by atoms with Gasteiger partial charge in [0.2, 0.25) is 5.43 Å². The molecule has 0 bridgehead atoms. The van der Waals surface area contributed by atoms with Crippen LogP contribution in [0.2, 0.25) is 5.02 Å². The Labute approximate surface area is 222 Å². The SMILES string of the molecule is CC(C)C(COS(C)(C)C(C)(C)C)n1cc(C(=O)O)c(=O)c2cc(Cc3cccc(Cl)c3F)c(F)cc21. The average Bonchev–Trinajstić information content (AvgIpc) is 2.78. The van der Waals surface area contributed by atoms with Crippen LogP contribution >= 0.6 is 21.9 Å². The first-order valence-electron chi connectivity index (χ1n) is 12.0. The average molecular weight is 554 g/mol. The Balaban J connectivity index is 2.20. The van der Waals surface area contributed by atoms with Crippen LogP contribution in [0.5, 0.6) is 0 Å². The summed E-state index contributed by atoms with van der Waals surface area (Å²) in [5, 5.41) is 9.74. The maximum Gasteiger partial charge on any atom is 0.341 e. The molecule has 3 rings (SSSR count). The van der Waals surface area contributed by atoms with Gasteiger partial charge in [0.1, 0.15) is 17.2 Å². The molecule has 0 radical (unpaired) electrons. The molecule has 0 fully saturated rings. The maximum atomic E-state index is 15.4. The summed E-state index contributed by atoms with van der Waals surface area (Å²) in [6, 6.07) is 6.61. The van der Waals surface area contributed by atoms with Gasteiger partial charge >= 0.3 is 5.97 Å². The van der Waals surface area contributed by atoms with Crippen molar-refractivity contribution in [2.75, 3.05) is 19.1 Å². The van der Waals surface area contributed by atoms with E-state index < -0.39 is 38.9 Å². The van der Waals surface area contributed by atoms with Crippen molar-refractivity contribution in [3.63, 3.8) is 0 Å². The minimum Gasteiger partial charge on any atom is -0.477 e. The fraction of sp³-hybridized carbons (Fsp3) is 0.429. The summed E-state index contributed by atoms with van der Waals surface area (Å²) in [7, 11) is -1.49. The molecule has 0 aliphatic rings. The Morgan fingerprint density at radius 3 is 2.38 bits per heavy atom. The van der Waals surface area contributed by atoms with Crippen molar-refractivity contribution in [1.82, 2.24) is 4.57 Å². The molecule has 0 saturated heterocycles. The van der Waals surface area contributed by atoms with Crippen LogP contribution in [-0.4, -0.2) is 39.5 Å². The number of aromatic nitrogens is 1. The predicted molar refractivity (Wildman–Crippen MR) is 148 cm³/mol. The van der Waals surface area contributed by atoms with Crippen LogP contribution < -0.4 is 5.43 Å². The second-order valence-electron chi connectivity index (χ2n) is 10.9. The Morgan fingerprint density at radius 2 is 1.81 bits per heavy atom. The van der Waals surface area contributed by atoms with E-state index in [2.05, 4.69) is 33.3 Å². The highest BCUT2D eigenvalue weighted by Crippen LogP contribution is 2.54. The molecule has 1 unspecified atom stereocenters. The van der Waals surface area contributed by atoms with Crippen molar-refractivity contribution in [3.8, 4) is 0 Å². The van der Waals surface area contributed by atoms with Gasteiger partial charge in [-0.25, -0.2) is 13.6 Å². The van der Waals surface area contributed by atoms with Gasteiger partial charge in [0.25, 0.3) is 0 Å². The topological polar surface area (TPSA) is 68.5 Å². The fourth-order valence-electron chi connectivity index (χ4n) is 3.88. The Bertz CT molecular complexity index is 1400. The number of rotatable bonds is 8. The molecule has 1 atom stereocenters. The standard InChI is InChI=1S/C28H34ClF2NO4S/c1-16(2)24(15-36-37(6,7)28(3,4)5)32-14-20(27(34)35)26(33)19-12-18(22(30)13-23(19)32)11-17-9-8-10-21(29)25(17)31/h8-10,12-14,16,24H,11,15H2,1-7H3,(H,34,35). The summed E-state index contributed by atoms with van der Waals surface area (Å²) in [6.07, 6.45) is 5.26. The fourth-order valence-corrected chi connectivity index (χ4v) is 4.91. The predicted octanol–water partition coefficient (Wildman–Crippen LogP) is 7.21. The van der Waals surface area contributed by atoms with E-state index in [1.807, 2.05) is 13.8 Å². The van der Waals surface area contributed by atoms with Gasteiger partial charge in [-0.2, -0.15) is 0 Å². The molecule has 202 valence electrons. The molecule has 1 aromatic heterocycles. The smallest absolute Gasteiger partial charge is 0.341 e. The third-order valence-electron chi connectivity index (χ3n) is 6.98. The van der Waals surface area contributed by atoms with Crippen LogP contribution in [-0.2, 0) is 10.6 Å². The van der Waals surface area contributed by atoms with E-state index in [4.69, 9.17) is 15.8 Å². The molecular weight excluding hydrogens is 520 g/mol. The monoisotopic (exact) mass is 553 g/mol. The Morgan fingerprint density at radius 1 is 1.16 bits per heavy atom. The van der Waals surface area contributed by atoms with Gasteiger partial charge in [0.05, 0.1) is 23.2 Å². The maximum absolute atomic E-state index is 15.4. The first-order valence-corrected chi connectivity index (χ1v) is 14.7. The normalized spacial score (nSPS) is 13.8. The van der Waals surface area contributed by atoms with E-state index in [1.165, 1.54) is 30.5 Å². The highest BCUT2D eigenvalue weighted by atomic mass is 35.5. The molecule has 37 heavy (non-hydrogen) atoms. The number of carboxylic acid groups (broad SMARTS) is 1. The minimum atomic E-state index is -1.49. The van der Waals surface area contributed by atoms with Crippen LogP contribution in [0.1, 0.15) is 62.1 Å². The summed E-state index contributed by atoms with van der Waals surface area (Å²) >= 11 is 5.87. The van der Waals surface area contributed by atoms with Gasteiger partial charge in [0.15, 0.2) is 0 Å². The summed E-state index contributed by atoms with van der Waals surface area (Å²) in [6.45, 7) is 10.5. The van der Waals surface area contributed by atoms with E-state index in [9.17, 15) is 19.1 Å². The Hall–Kier alpha value is -2.42. The number of halogens is 3. The van der Waals surface area contributed by atoms with Crippen molar-refractivity contribution in [2.45, 2.75) is 51.8 Å². The van der Waals surface area contributed by atoms with Crippen LogP contribution in [0.3, 0.4) is 0 Å². The third-order valence-corrected chi connectivity index (χ3v) is 10.9. The molecule has 5 nitrogen and oxygen atoms in total. The van der Waals surface area contributed by atoms with Gasteiger partial charge in [0, 0.05) is 22.8 Å². The second-order valence-corrected chi connectivity index (χ2v) is 15.2. The van der Waals surface area contributed by atoms with E-state index in [1.54, 1.807) is 10.6 Å². The highest BCUT2D eigenvalue weighted by Gasteiger charge is 2.31. The second kappa shape index (κ2) is 10.8. The van der Waals surface area contributed by atoms with E-state index >= 15 is 4.39 Å². The number of carbonyl (C=O) groups is 1. The van der Waals surface area contributed by atoms with Crippen LogP contribution in [0.15, 0.2) is 41.3 Å². The third kappa shape index (κ3) is 6.02. The van der Waals surface area contributed by atoms with E-state index in [-0.39, 0.29) is 56.8 Å². The first kappa shape index (κ1) is 29.1. The molecule has 1 N–H and O–H groups in total. The summed E-state index contributed by atoms with van der Waals surface area (Å²) in [5.74, 6) is -2.70. The van der Waals surface area contributed by atoms with Gasteiger partial charge < -0.3 is 13.9 Å². The first-order chi connectivity index (χ1) is 17.0. The number of nitrogens with zero attached hydrogens (tertiary/aromatic N) is 1. The zero-order chi connectivity index (χ0) is 27.9. The molecule has 9 heteroatoms. The highest BCUT2D eigenvalue weighted by molar-refractivity contribution is 8.29. The zero-order valence-corrected chi connectivity index (χ0v) is 23.8. The number of fused-ring (bicyclic) bond motifs is 1. The van der Waals surface area contributed by atoms with Crippen molar-refractivity contribution < 1.29 is 22.9 Å². The molecule has 0 aliphatic heterocycles. The van der Waals surface area contributed by atoms with Gasteiger partial charge in [-0.3, -0.25) is 4.79 Å². The van der Waals surface area contributed by atoms with Crippen molar-refractivity contribution in [3.05, 3.63) is 80.1 Å². The molecule has 3 aromatic rings. The van der Waals surface area contributed by atoms with Crippen molar-refractivity contribution >= 4 is 38.8 Å². The lowest BCUT2D eigenvalue weighted by atomic mass is 9.99. The summed E-state index contributed by atoms with van der Waals surface area (Å²) < 4.78 is 37.8. The van der Waals surface area contributed by atoms with Gasteiger partial charge in [-0.15, -0.1) is 10.3 Å². The lowest BCUT2D eigenvalue weighted by Gasteiger charge is -2.45. The zero-order valence-electron chi connectivity index (χ0n) is 22.2. The van der Waals surface area contributed by atoms with Crippen molar-refractivity contribution in [2.24, 2.45) is 5.92 Å². The lowest BCUT2D eigenvalue weighted by molar-refractivity contribution is 0.0694. The molecule has 2 aromatic carbocycles. The minimum absolute atomic E-state index is 0.0224. The number of pyridine rings is 1. The Kier molecular flexibility index (Phi) is 8.47.